The number of benzene rings is 4. The van der Waals surface area contributed by atoms with Crippen LogP contribution >= 0.6 is 0 Å². The summed E-state index contributed by atoms with van der Waals surface area (Å²) < 4.78 is 0. The zero-order chi connectivity index (χ0) is 25.1. The van der Waals surface area contributed by atoms with Gasteiger partial charge in [-0.05, 0) is 41.3 Å². The van der Waals surface area contributed by atoms with E-state index in [9.17, 15) is 14.4 Å². The fraction of sp³-hybridized carbons (Fsp3) is 0.129. The van der Waals surface area contributed by atoms with Gasteiger partial charge in [0.25, 0.3) is 11.8 Å². The largest absolute Gasteiger partial charge is 0.348 e. The van der Waals surface area contributed by atoms with Crippen molar-refractivity contribution in [2.45, 2.75) is 25.4 Å². The van der Waals surface area contributed by atoms with Crippen LogP contribution in [-0.4, -0.2) is 28.7 Å². The summed E-state index contributed by atoms with van der Waals surface area (Å²) >= 11 is 0. The molecule has 1 aliphatic rings. The van der Waals surface area contributed by atoms with Crippen LogP contribution in [-0.2, 0) is 11.2 Å². The normalized spacial score (nSPS) is 14.3. The molecule has 5 nitrogen and oxygen atoms in total. The predicted octanol–water partition coefficient (Wildman–Crippen LogP) is 5.44. The van der Waals surface area contributed by atoms with Gasteiger partial charge in [-0.15, -0.1) is 0 Å². The van der Waals surface area contributed by atoms with E-state index in [0.717, 1.165) is 27.2 Å². The van der Waals surface area contributed by atoms with E-state index in [1.54, 1.807) is 24.3 Å². The van der Waals surface area contributed by atoms with Crippen LogP contribution in [0.15, 0.2) is 109 Å². The quantitative estimate of drug-likeness (QED) is 0.363. The molecule has 0 fully saturated rings. The first-order valence-corrected chi connectivity index (χ1v) is 12.0. The average molecular weight is 475 g/mol. The molecule has 0 saturated heterocycles. The molecule has 1 heterocycles. The SMILES string of the molecule is C[C@@H](NC(=O)[C@@H](Cc1ccccc1)N1C(=O)c2ccccc2C1=O)c1ccc(-c2ccccc2)cc1. The van der Waals surface area contributed by atoms with Gasteiger partial charge in [0.15, 0.2) is 0 Å². The fourth-order valence-corrected chi connectivity index (χ4v) is 4.62. The van der Waals surface area contributed by atoms with Crippen molar-refractivity contribution >= 4 is 17.7 Å². The van der Waals surface area contributed by atoms with E-state index in [1.807, 2.05) is 79.7 Å². The molecular weight excluding hydrogens is 448 g/mol. The van der Waals surface area contributed by atoms with E-state index in [4.69, 9.17) is 0 Å². The zero-order valence-electron chi connectivity index (χ0n) is 19.9. The summed E-state index contributed by atoms with van der Waals surface area (Å²) in [5.41, 5.74) is 4.67. The number of hydrogen-bond acceptors (Lipinski definition) is 3. The van der Waals surface area contributed by atoms with Crippen molar-refractivity contribution < 1.29 is 14.4 Å². The van der Waals surface area contributed by atoms with Crippen molar-refractivity contribution in [3.63, 3.8) is 0 Å². The number of rotatable bonds is 7. The fourth-order valence-electron chi connectivity index (χ4n) is 4.62. The third-order valence-corrected chi connectivity index (χ3v) is 6.59. The van der Waals surface area contributed by atoms with Gasteiger partial charge in [-0.2, -0.15) is 0 Å². The minimum Gasteiger partial charge on any atom is -0.348 e. The maximum atomic E-state index is 13.6. The Balaban J connectivity index is 1.38. The number of hydrogen-bond donors (Lipinski definition) is 1. The number of carbonyl (C=O) groups is 3. The third-order valence-electron chi connectivity index (χ3n) is 6.59. The highest BCUT2D eigenvalue weighted by molar-refractivity contribution is 6.22. The van der Waals surface area contributed by atoms with Gasteiger partial charge >= 0.3 is 0 Å². The summed E-state index contributed by atoms with van der Waals surface area (Å²) in [6.07, 6.45) is 0.234. The number of carbonyl (C=O) groups excluding carboxylic acids is 3. The molecule has 1 N–H and O–H groups in total. The Bertz CT molecular complexity index is 1360. The van der Waals surface area contributed by atoms with Gasteiger partial charge in [0, 0.05) is 6.42 Å². The lowest BCUT2D eigenvalue weighted by Gasteiger charge is -2.27. The van der Waals surface area contributed by atoms with Crippen LogP contribution in [0.3, 0.4) is 0 Å². The molecule has 3 amide bonds. The molecule has 4 aromatic carbocycles. The Morgan fingerprint density at radius 3 is 1.78 bits per heavy atom. The molecule has 0 bridgehead atoms. The van der Waals surface area contributed by atoms with E-state index < -0.39 is 17.9 Å². The highest BCUT2D eigenvalue weighted by Gasteiger charge is 2.42. The van der Waals surface area contributed by atoms with Crippen LogP contribution in [0.2, 0.25) is 0 Å². The molecule has 1 aliphatic heterocycles. The van der Waals surface area contributed by atoms with E-state index >= 15 is 0 Å². The lowest BCUT2D eigenvalue weighted by Crippen LogP contribution is -2.51. The molecule has 178 valence electrons. The monoisotopic (exact) mass is 474 g/mol. The molecule has 2 atom stereocenters. The molecule has 36 heavy (non-hydrogen) atoms. The Labute approximate surface area is 210 Å². The van der Waals surface area contributed by atoms with Crippen LogP contribution < -0.4 is 5.32 Å². The van der Waals surface area contributed by atoms with Crippen LogP contribution in [0.5, 0.6) is 0 Å². The van der Waals surface area contributed by atoms with E-state index in [1.165, 1.54) is 0 Å². The summed E-state index contributed by atoms with van der Waals surface area (Å²) in [4.78, 5) is 41.1. The lowest BCUT2D eigenvalue weighted by atomic mass is 10.00. The molecular formula is C31H26N2O3. The number of imide groups is 1. The molecule has 4 aromatic rings. The third kappa shape index (κ3) is 4.56. The molecule has 0 radical (unpaired) electrons. The summed E-state index contributed by atoms with van der Waals surface area (Å²) in [5, 5.41) is 3.04. The van der Waals surface area contributed by atoms with Crippen LogP contribution in [0.25, 0.3) is 11.1 Å². The number of nitrogens with one attached hydrogen (secondary N) is 1. The lowest BCUT2D eigenvalue weighted by molar-refractivity contribution is -0.125. The van der Waals surface area contributed by atoms with Gasteiger partial charge in [0.1, 0.15) is 6.04 Å². The summed E-state index contributed by atoms with van der Waals surface area (Å²) in [6.45, 7) is 1.90. The first kappa shape index (κ1) is 23.2. The first-order valence-electron chi connectivity index (χ1n) is 12.0. The Morgan fingerprint density at radius 2 is 1.19 bits per heavy atom. The van der Waals surface area contributed by atoms with Crippen LogP contribution in [0, 0.1) is 0 Å². The van der Waals surface area contributed by atoms with Crippen molar-refractivity contribution in [2.75, 3.05) is 0 Å². The second-order valence-electron chi connectivity index (χ2n) is 8.95. The van der Waals surface area contributed by atoms with Gasteiger partial charge < -0.3 is 5.32 Å². The smallest absolute Gasteiger partial charge is 0.262 e. The Hall–Kier alpha value is -4.51. The van der Waals surface area contributed by atoms with E-state index in [-0.39, 0.29) is 18.4 Å². The first-order chi connectivity index (χ1) is 17.5. The van der Waals surface area contributed by atoms with E-state index in [2.05, 4.69) is 17.4 Å². The van der Waals surface area contributed by atoms with Gasteiger partial charge in [-0.3, -0.25) is 19.3 Å². The van der Waals surface area contributed by atoms with Crippen molar-refractivity contribution in [1.29, 1.82) is 0 Å². The van der Waals surface area contributed by atoms with Gasteiger partial charge in [-0.25, -0.2) is 0 Å². The number of amides is 3. The molecule has 0 saturated carbocycles. The second kappa shape index (κ2) is 10.0. The second-order valence-corrected chi connectivity index (χ2v) is 8.95. The van der Waals surface area contributed by atoms with Gasteiger partial charge in [0.2, 0.25) is 5.91 Å². The number of nitrogens with zero attached hydrogens (tertiary/aromatic N) is 1. The highest BCUT2D eigenvalue weighted by atomic mass is 16.2. The minimum absolute atomic E-state index is 0.234. The van der Waals surface area contributed by atoms with Crippen molar-refractivity contribution in [2.24, 2.45) is 0 Å². The Morgan fingerprint density at radius 1 is 0.694 bits per heavy atom. The van der Waals surface area contributed by atoms with Gasteiger partial charge in [0.05, 0.1) is 17.2 Å². The maximum Gasteiger partial charge on any atom is 0.262 e. The molecule has 5 rings (SSSR count). The molecule has 0 aliphatic carbocycles. The van der Waals surface area contributed by atoms with Crippen LogP contribution in [0.4, 0.5) is 0 Å². The standard InChI is InChI=1S/C31H26N2O3/c1-21(23-16-18-25(19-17-23)24-12-6-3-7-13-24)32-29(34)28(20-22-10-4-2-5-11-22)33-30(35)26-14-8-9-15-27(26)31(33)36/h2-19,21,28H,20H2,1H3,(H,32,34)/t21-,28-/m1/s1. The molecule has 0 aromatic heterocycles. The zero-order valence-corrected chi connectivity index (χ0v) is 19.9. The van der Waals surface area contributed by atoms with Crippen molar-refractivity contribution in [3.8, 4) is 11.1 Å². The topological polar surface area (TPSA) is 66.5 Å². The Kier molecular flexibility index (Phi) is 6.46. The minimum atomic E-state index is -0.967. The summed E-state index contributed by atoms with van der Waals surface area (Å²) in [5.74, 6) is -1.24. The summed E-state index contributed by atoms with van der Waals surface area (Å²) in [7, 11) is 0. The summed E-state index contributed by atoms with van der Waals surface area (Å²) in [6, 6.07) is 33.0. The molecule has 0 unspecified atom stereocenters. The maximum absolute atomic E-state index is 13.6. The van der Waals surface area contributed by atoms with E-state index in [0.29, 0.717) is 11.1 Å². The number of fused-ring (bicyclic) bond motifs is 1. The van der Waals surface area contributed by atoms with Gasteiger partial charge in [-0.1, -0.05) is 97.1 Å². The van der Waals surface area contributed by atoms with Crippen molar-refractivity contribution in [1.82, 2.24) is 10.2 Å². The van der Waals surface area contributed by atoms with Crippen molar-refractivity contribution in [3.05, 3.63) is 131 Å². The molecule has 5 heteroatoms. The molecule has 0 spiro atoms. The average Bonchev–Trinajstić information content (AvgIpc) is 3.18. The highest BCUT2D eigenvalue weighted by Crippen LogP contribution is 2.27. The predicted molar refractivity (Wildman–Crippen MR) is 139 cm³/mol. The van der Waals surface area contributed by atoms with Crippen LogP contribution in [0.1, 0.15) is 44.8 Å².